The average molecular weight is 375 g/mol. The van der Waals surface area contributed by atoms with Crippen LogP contribution in [-0.2, 0) is 26.6 Å². The average Bonchev–Trinajstić information content (AvgIpc) is 2.48. The molecule has 0 aromatic heterocycles. The van der Waals surface area contributed by atoms with Crippen molar-refractivity contribution in [1.82, 2.24) is 0 Å². The van der Waals surface area contributed by atoms with Gasteiger partial charge in [-0.25, -0.2) is 4.79 Å². The summed E-state index contributed by atoms with van der Waals surface area (Å²) in [6, 6.07) is -0.405. The van der Waals surface area contributed by atoms with Crippen molar-refractivity contribution < 1.29 is 50.5 Å². The molecule has 0 aliphatic carbocycles. The molecule has 6 nitrogen and oxygen atoms in total. The second kappa shape index (κ2) is 7.70. The molecular formula is C13H11F6NO5. The minimum absolute atomic E-state index is 0.299. The molecule has 0 bridgehead atoms. The lowest BCUT2D eigenvalue weighted by molar-refractivity contribution is -0.145. The van der Waals surface area contributed by atoms with Crippen LogP contribution in [0.4, 0.5) is 26.3 Å². The summed E-state index contributed by atoms with van der Waals surface area (Å²) in [4.78, 5) is 22.1. The molecule has 1 unspecified atom stereocenters. The Morgan fingerprint density at radius 3 is 1.96 bits per heavy atom. The second-order valence-corrected chi connectivity index (χ2v) is 4.59. The Kier molecular flexibility index (Phi) is 6.37. The summed E-state index contributed by atoms with van der Waals surface area (Å²) in [6.07, 6.45) is -10.5. The summed E-state index contributed by atoms with van der Waals surface area (Å²) in [5, 5.41) is 8.46. The van der Waals surface area contributed by atoms with Crippen LogP contribution in [0.15, 0.2) is 18.2 Å². The Hall–Kier alpha value is -2.34. The largest absolute Gasteiger partial charge is 0.480 e. The summed E-state index contributed by atoms with van der Waals surface area (Å²) < 4.78 is 85.9. The first-order valence-electron chi connectivity index (χ1n) is 6.36. The van der Waals surface area contributed by atoms with Crippen molar-refractivity contribution in [2.45, 2.75) is 18.4 Å². The molecule has 0 radical (unpaired) electrons. The second-order valence-electron chi connectivity index (χ2n) is 4.59. The highest BCUT2D eigenvalue weighted by molar-refractivity contribution is 5.93. The molecule has 0 fully saturated rings. The van der Waals surface area contributed by atoms with Crippen LogP contribution in [0.25, 0.3) is 0 Å². The topological polar surface area (TPSA) is 98.9 Å². The van der Waals surface area contributed by atoms with Gasteiger partial charge in [0.2, 0.25) is 0 Å². The molecule has 0 heterocycles. The number of ether oxygens (including phenoxy) is 2. The van der Waals surface area contributed by atoms with Gasteiger partial charge in [-0.1, -0.05) is 6.07 Å². The van der Waals surface area contributed by atoms with Gasteiger partial charge in [0.25, 0.3) is 0 Å². The third-order valence-electron chi connectivity index (χ3n) is 2.77. The van der Waals surface area contributed by atoms with Gasteiger partial charge in [-0.05, 0) is 12.1 Å². The van der Waals surface area contributed by atoms with Gasteiger partial charge in [0.15, 0.2) is 6.79 Å². The summed E-state index contributed by atoms with van der Waals surface area (Å²) in [5.41, 5.74) is -0.319. The molecule has 140 valence electrons. The fourth-order valence-corrected chi connectivity index (χ4v) is 1.66. The van der Waals surface area contributed by atoms with Crippen molar-refractivity contribution in [3.8, 4) is 0 Å². The van der Waals surface area contributed by atoms with Crippen LogP contribution in [0, 0.1) is 0 Å². The van der Waals surface area contributed by atoms with Gasteiger partial charge in [-0.2, -0.15) is 26.3 Å². The number of benzene rings is 1. The van der Waals surface area contributed by atoms with Crippen molar-refractivity contribution in [2.75, 3.05) is 13.4 Å². The first-order valence-corrected chi connectivity index (χ1v) is 6.36. The molecule has 0 aliphatic rings. The van der Waals surface area contributed by atoms with E-state index >= 15 is 0 Å². The van der Waals surface area contributed by atoms with E-state index < -0.39 is 60.4 Å². The molecule has 0 spiro atoms. The van der Waals surface area contributed by atoms with E-state index in [1.54, 1.807) is 0 Å². The Labute approximate surface area is 136 Å². The highest BCUT2D eigenvalue weighted by atomic mass is 19.4. The van der Waals surface area contributed by atoms with E-state index in [4.69, 9.17) is 10.8 Å². The van der Waals surface area contributed by atoms with Gasteiger partial charge < -0.3 is 20.3 Å². The number of aliphatic carboxylic acids is 1. The number of hydrogen-bond acceptors (Lipinski definition) is 5. The van der Waals surface area contributed by atoms with Gasteiger partial charge in [0.05, 0.1) is 23.3 Å². The zero-order valence-corrected chi connectivity index (χ0v) is 12.1. The Balaban J connectivity index is 3.01. The minimum Gasteiger partial charge on any atom is -0.480 e. The molecule has 12 heteroatoms. The SMILES string of the molecule is NC(COCOC(=O)c1c(C(F)(F)F)cccc1C(F)(F)F)C(=O)O. The zero-order valence-electron chi connectivity index (χ0n) is 12.1. The smallest absolute Gasteiger partial charge is 0.417 e. The first kappa shape index (κ1) is 20.7. The third-order valence-corrected chi connectivity index (χ3v) is 2.77. The van der Waals surface area contributed by atoms with E-state index in [9.17, 15) is 35.9 Å². The van der Waals surface area contributed by atoms with Crippen molar-refractivity contribution in [3.05, 3.63) is 34.9 Å². The first-order chi connectivity index (χ1) is 11.4. The number of carbonyl (C=O) groups excluding carboxylic acids is 1. The number of alkyl halides is 6. The summed E-state index contributed by atoms with van der Waals surface area (Å²) in [6.45, 7) is -1.75. The Bertz CT molecular complexity index is 611. The number of carboxylic acid groups (broad SMARTS) is 1. The Morgan fingerprint density at radius 1 is 1.08 bits per heavy atom. The molecule has 1 aromatic rings. The van der Waals surface area contributed by atoms with E-state index in [1.165, 1.54) is 0 Å². The van der Waals surface area contributed by atoms with Crippen LogP contribution in [0.3, 0.4) is 0 Å². The number of nitrogens with two attached hydrogens (primary N) is 1. The zero-order chi connectivity index (χ0) is 19.4. The van der Waals surface area contributed by atoms with Gasteiger partial charge in [-0.15, -0.1) is 0 Å². The maximum atomic E-state index is 12.9. The lowest BCUT2D eigenvalue weighted by atomic mass is 10.00. The van der Waals surface area contributed by atoms with Crippen LogP contribution in [0.1, 0.15) is 21.5 Å². The molecule has 0 amide bonds. The highest BCUT2D eigenvalue weighted by Gasteiger charge is 2.43. The fraction of sp³-hybridized carbons (Fsp3) is 0.385. The van der Waals surface area contributed by atoms with Crippen LogP contribution < -0.4 is 5.73 Å². The van der Waals surface area contributed by atoms with E-state index in [0.717, 1.165) is 0 Å². The molecular weight excluding hydrogens is 364 g/mol. The molecule has 1 aromatic carbocycles. The minimum atomic E-state index is -5.23. The predicted octanol–water partition coefficient (Wildman–Crippen LogP) is 2.27. The van der Waals surface area contributed by atoms with Crippen LogP contribution in [0.2, 0.25) is 0 Å². The van der Waals surface area contributed by atoms with Gasteiger partial charge >= 0.3 is 24.3 Å². The quantitative estimate of drug-likeness (QED) is 0.343. The number of carbonyl (C=O) groups is 2. The molecule has 0 aliphatic heterocycles. The third kappa shape index (κ3) is 5.60. The van der Waals surface area contributed by atoms with E-state index in [-0.39, 0.29) is 0 Å². The number of halogens is 6. The van der Waals surface area contributed by atoms with Gasteiger partial charge in [0.1, 0.15) is 6.04 Å². The normalized spacial score (nSPS) is 13.4. The van der Waals surface area contributed by atoms with Gasteiger partial charge in [-0.3, -0.25) is 4.79 Å². The molecule has 1 rings (SSSR count). The lowest BCUT2D eigenvalue weighted by Gasteiger charge is -2.17. The number of carboxylic acids is 1. The summed E-state index contributed by atoms with van der Waals surface area (Å²) in [7, 11) is 0. The number of esters is 1. The maximum absolute atomic E-state index is 12.9. The van der Waals surface area contributed by atoms with Crippen LogP contribution in [-0.4, -0.2) is 36.5 Å². The van der Waals surface area contributed by atoms with Crippen LogP contribution in [0.5, 0.6) is 0 Å². The number of hydrogen-bond donors (Lipinski definition) is 2. The maximum Gasteiger partial charge on any atom is 0.417 e. The lowest BCUT2D eigenvalue weighted by Crippen LogP contribution is -2.35. The molecule has 3 N–H and O–H groups in total. The van der Waals surface area contributed by atoms with Crippen LogP contribution >= 0.6 is 0 Å². The summed E-state index contributed by atoms with van der Waals surface area (Å²) in [5.74, 6) is -3.39. The fourth-order valence-electron chi connectivity index (χ4n) is 1.66. The van der Waals surface area contributed by atoms with Crippen molar-refractivity contribution in [3.63, 3.8) is 0 Å². The van der Waals surface area contributed by atoms with Crippen molar-refractivity contribution >= 4 is 11.9 Å². The summed E-state index contributed by atoms with van der Waals surface area (Å²) >= 11 is 0. The highest BCUT2D eigenvalue weighted by Crippen LogP contribution is 2.39. The molecule has 1 atom stereocenters. The van der Waals surface area contributed by atoms with E-state index in [1.807, 2.05) is 0 Å². The van der Waals surface area contributed by atoms with Gasteiger partial charge in [0, 0.05) is 0 Å². The predicted molar refractivity (Wildman–Crippen MR) is 68.3 cm³/mol. The van der Waals surface area contributed by atoms with Crippen molar-refractivity contribution in [2.24, 2.45) is 5.73 Å². The van der Waals surface area contributed by atoms with E-state index in [0.29, 0.717) is 18.2 Å². The Morgan fingerprint density at radius 2 is 1.56 bits per heavy atom. The number of rotatable bonds is 6. The molecule has 0 saturated carbocycles. The monoisotopic (exact) mass is 375 g/mol. The van der Waals surface area contributed by atoms with Crippen molar-refractivity contribution in [1.29, 1.82) is 0 Å². The van der Waals surface area contributed by atoms with E-state index in [2.05, 4.69) is 9.47 Å². The molecule has 0 saturated heterocycles. The standard InChI is InChI=1S/C13H11F6NO5/c14-12(15,16)6-2-1-3-7(13(17,18)19)9(6)11(23)25-5-24-4-8(20)10(21)22/h1-3,8H,4-5,20H2,(H,21,22). The molecule has 25 heavy (non-hydrogen) atoms.